The molecular weight excluding hydrogens is 238 g/mol. The summed E-state index contributed by atoms with van der Waals surface area (Å²) in [6.45, 7) is 4.16. The van der Waals surface area contributed by atoms with Crippen LogP contribution in [0.15, 0.2) is 42.6 Å². The molecule has 98 valence electrons. The van der Waals surface area contributed by atoms with Gasteiger partial charge in [0.05, 0.1) is 12.2 Å². The van der Waals surface area contributed by atoms with Crippen LogP contribution in [-0.4, -0.2) is 10.9 Å². The molecule has 19 heavy (non-hydrogen) atoms. The van der Waals surface area contributed by atoms with Crippen molar-refractivity contribution < 1.29 is 4.79 Å². The number of carbonyl (C=O) groups is 1. The van der Waals surface area contributed by atoms with Crippen LogP contribution < -0.4 is 10.6 Å². The molecule has 0 bridgehead atoms. The monoisotopic (exact) mass is 255 g/mol. The second kappa shape index (κ2) is 6.00. The number of nitrogens with zero attached hydrogens (tertiary/aromatic N) is 1. The van der Waals surface area contributed by atoms with Crippen LogP contribution in [0.1, 0.15) is 18.2 Å². The topological polar surface area (TPSA) is 54.0 Å². The summed E-state index contributed by atoms with van der Waals surface area (Å²) >= 11 is 0. The Morgan fingerprint density at radius 3 is 2.74 bits per heavy atom. The number of rotatable bonds is 4. The SMILES string of the molecule is CC(=O)Nc1ccc(NCc2ccccn2)cc1C. The molecule has 1 aromatic carbocycles. The van der Waals surface area contributed by atoms with Crippen LogP contribution in [0.5, 0.6) is 0 Å². The lowest BCUT2D eigenvalue weighted by Gasteiger charge is -2.10. The Balaban J connectivity index is 2.02. The van der Waals surface area contributed by atoms with E-state index in [0.717, 1.165) is 22.6 Å². The largest absolute Gasteiger partial charge is 0.379 e. The molecule has 1 amide bonds. The molecule has 4 nitrogen and oxygen atoms in total. The summed E-state index contributed by atoms with van der Waals surface area (Å²) in [7, 11) is 0. The van der Waals surface area contributed by atoms with E-state index in [4.69, 9.17) is 0 Å². The number of pyridine rings is 1. The first kappa shape index (κ1) is 13.1. The Bertz CT molecular complexity index is 567. The lowest BCUT2D eigenvalue weighted by molar-refractivity contribution is -0.114. The van der Waals surface area contributed by atoms with Crippen LogP contribution in [0.2, 0.25) is 0 Å². The molecular formula is C15H17N3O. The fourth-order valence-electron chi connectivity index (χ4n) is 1.80. The fraction of sp³-hybridized carbons (Fsp3) is 0.200. The number of hydrogen-bond donors (Lipinski definition) is 2. The van der Waals surface area contributed by atoms with Crippen molar-refractivity contribution in [2.24, 2.45) is 0 Å². The summed E-state index contributed by atoms with van der Waals surface area (Å²) in [4.78, 5) is 15.3. The van der Waals surface area contributed by atoms with E-state index in [1.54, 1.807) is 6.20 Å². The normalized spacial score (nSPS) is 10.0. The molecule has 2 N–H and O–H groups in total. The van der Waals surface area contributed by atoms with Gasteiger partial charge in [-0.15, -0.1) is 0 Å². The number of carbonyl (C=O) groups excluding carboxylic acids is 1. The highest BCUT2D eigenvalue weighted by molar-refractivity contribution is 5.89. The minimum Gasteiger partial charge on any atom is -0.379 e. The fourth-order valence-corrected chi connectivity index (χ4v) is 1.80. The molecule has 4 heteroatoms. The zero-order valence-corrected chi connectivity index (χ0v) is 11.1. The van der Waals surface area contributed by atoms with Crippen molar-refractivity contribution >= 4 is 17.3 Å². The lowest BCUT2D eigenvalue weighted by atomic mass is 10.1. The molecule has 0 saturated heterocycles. The van der Waals surface area contributed by atoms with E-state index in [2.05, 4.69) is 15.6 Å². The van der Waals surface area contributed by atoms with Crippen LogP contribution in [-0.2, 0) is 11.3 Å². The molecule has 2 rings (SSSR count). The number of nitrogens with one attached hydrogen (secondary N) is 2. The Kier molecular flexibility index (Phi) is 4.13. The van der Waals surface area contributed by atoms with Gasteiger partial charge in [0.15, 0.2) is 0 Å². The number of aromatic nitrogens is 1. The second-order valence-corrected chi connectivity index (χ2v) is 4.39. The van der Waals surface area contributed by atoms with Crippen molar-refractivity contribution in [2.75, 3.05) is 10.6 Å². The number of amides is 1. The highest BCUT2D eigenvalue weighted by Crippen LogP contribution is 2.20. The molecule has 0 aliphatic heterocycles. The predicted molar refractivity (Wildman–Crippen MR) is 77.0 cm³/mol. The number of hydrogen-bond acceptors (Lipinski definition) is 3. The Labute approximate surface area is 112 Å². The summed E-state index contributed by atoms with van der Waals surface area (Å²) < 4.78 is 0. The molecule has 0 spiro atoms. The molecule has 0 saturated carbocycles. The van der Waals surface area contributed by atoms with Crippen molar-refractivity contribution in [3.8, 4) is 0 Å². The van der Waals surface area contributed by atoms with Crippen molar-refractivity contribution in [3.05, 3.63) is 53.9 Å². The Hall–Kier alpha value is -2.36. The number of aryl methyl sites for hydroxylation is 1. The van der Waals surface area contributed by atoms with Gasteiger partial charge in [-0.1, -0.05) is 6.07 Å². The average Bonchev–Trinajstić information content (AvgIpc) is 2.40. The first-order valence-corrected chi connectivity index (χ1v) is 6.17. The number of anilines is 2. The Morgan fingerprint density at radius 1 is 1.26 bits per heavy atom. The average molecular weight is 255 g/mol. The molecule has 1 heterocycles. The van der Waals surface area contributed by atoms with E-state index in [1.807, 2.05) is 43.3 Å². The van der Waals surface area contributed by atoms with Crippen LogP contribution in [0.3, 0.4) is 0 Å². The van der Waals surface area contributed by atoms with Gasteiger partial charge in [-0.2, -0.15) is 0 Å². The van der Waals surface area contributed by atoms with Gasteiger partial charge in [0, 0.05) is 24.5 Å². The van der Waals surface area contributed by atoms with E-state index in [-0.39, 0.29) is 5.91 Å². The molecule has 0 atom stereocenters. The van der Waals surface area contributed by atoms with Gasteiger partial charge in [0.2, 0.25) is 5.91 Å². The summed E-state index contributed by atoms with van der Waals surface area (Å²) in [6, 6.07) is 11.7. The van der Waals surface area contributed by atoms with Crippen molar-refractivity contribution in [1.29, 1.82) is 0 Å². The van der Waals surface area contributed by atoms with E-state index in [0.29, 0.717) is 6.54 Å². The van der Waals surface area contributed by atoms with E-state index < -0.39 is 0 Å². The Morgan fingerprint density at radius 2 is 2.11 bits per heavy atom. The maximum atomic E-state index is 11.0. The quantitative estimate of drug-likeness (QED) is 0.883. The lowest BCUT2D eigenvalue weighted by Crippen LogP contribution is -2.07. The molecule has 0 radical (unpaired) electrons. The molecule has 0 unspecified atom stereocenters. The third-order valence-corrected chi connectivity index (χ3v) is 2.74. The van der Waals surface area contributed by atoms with Crippen molar-refractivity contribution in [2.45, 2.75) is 20.4 Å². The first-order chi connectivity index (χ1) is 9.15. The van der Waals surface area contributed by atoms with E-state index in [9.17, 15) is 4.79 Å². The molecule has 1 aromatic heterocycles. The zero-order valence-electron chi connectivity index (χ0n) is 11.1. The van der Waals surface area contributed by atoms with Crippen molar-refractivity contribution in [3.63, 3.8) is 0 Å². The molecule has 0 aliphatic rings. The van der Waals surface area contributed by atoms with E-state index >= 15 is 0 Å². The van der Waals surface area contributed by atoms with Gasteiger partial charge in [0.25, 0.3) is 0 Å². The van der Waals surface area contributed by atoms with Gasteiger partial charge < -0.3 is 10.6 Å². The van der Waals surface area contributed by atoms with Gasteiger partial charge in [-0.05, 0) is 42.8 Å². The summed E-state index contributed by atoms with van der Waals surface area (Å²) in [5, 5.41) is 6.10. The van der Waals surface area contributed by atoms with Crippen LogP contribution >= 0.6 is 0 Å². The van der Waals surface area contributed by atoms with Gasteiger partial charge in [-0.25, -0.2) is 0 Å². The molecule has 0 fully saturated rings. The maximum Gasteiger partial charge on any atom is 0.221 e. The highest BCUT2D eigenvalue weighted by atomic mass is 16.1. The van der Waals surface area contributed by atoms with Gasteiger partial charge in [-0.3, -0.25) is 9.78 Å². The summed E-state index contributed by atoms with van der Waals surface area (Å²) in [5.74, 6) is -0.0581. The maximum absolute atomic E-state index is 11.0. The van der Waals surface area contributed by atoms with Crippen LogP contribution in [0.4, 0.5) is 11.4 Å². The third-order valence-electron chi connectivity index (χ3n) is 2.74. The highest BCUT2D eigenvalue weighted by Gasteiger charge is 2.02. The van der Waals surface area contributed by atoms with E-state index in [1.165, 1.54) is 6.92 Å². The minimum atomic E-state index is -0.0581. The molecule has 0 aliphatic carbocycles. The zero-order chi connectivity index (χ0) is 13.7. The third kappa shape index (κ3) is 3.81. The smallest absolute Gasteiger partial charge is 0.221 e. The van der Waals surface area contributed by atoms with Crippen LogP contribution in [0.25, 0.3) is 0 Å². The molecule has 2 aromatic rings. The standard InChI is InChI=1S/C15H17N3O/c1-11-9-13(6-7-15(11)18-12(2)19)17-10-14-5-3-4-8-16-14/h3-9,17H,10H2,1-2H3,(H,18,19). The predicted octanol–water partition coefficient (Wildman–Crippen LogP) is 2.96. The summed E-state index contributed by atoms with van der Waals surface area (Å²) in [5.41, 5.74) is 3.88. The first-order valence-electron chi connectivity index (χ1n) is 6.17. The minimum absolute atomic E-state index is 0.0581. The number of benzene rings is 1. The van der Waals surface area contributed by atoms with Gasteiger partial charge >= 0.3 is 0 Å². The van der Waals surface area contributed by atoms with Crippen LogP contribution in [0, 0.1) is 6.92 Å². The second-order valence-electron chi connectivity index (χ2n) is 4.39. The van der Waals surface area contributed by atoms with Gasteiger partial charge in [0.1, 0.15) is 0 Å². The summed E-state index contributed by atoms with van der Waals surface area (Å²) in [6.07, 6.45) is 1.78. The van der Waals surface area contributed by atoms with Crippen molar-refractivity contribution in [1.82, 2.24) is 4.98 Å².